The molecule has 0 amide bonds. The van der Waals surface area contributed by atoms with Gasteiger partial charge in [-0.25, -0.2) is 9.97 Å². The zero-order chi connectivity index (χ0) is 11.3. The summed E-state index contributed by atoms with van der Waals surface area (Å²) >= 11 is 0. The molecule has 1 atom stereocenters. The molecule has 0 saturated carbocycles. The summed E-state index contributed by atoms with van der Waals surface area (Å²) in [5.41, 5.74) is 0.357. The van der Waals surface area contributed by atoms with Crippen molar-refractivity contribution in [1.29, 1.82) is 5.26 Å². The van der Waals surface area contributed by atoms with E-state index in [1.54, 1.807) is 6.20 Å². The molecular weight excluding hydrogens is 188 g/mol. The highest BCUT2D eigenvalue weighted by Crippen LogP contribution is 2.13. The van der Waals surface area contributed by atoms with Crippen LogP contribution in [0.5, 0.6) is 0 Å². The molecule has 1 aromatic heterocycles. The van der Waals surface area contributed by atoms with Crippen LogP contribution in [-0.2, 0) is 0 Å². The molecule has 15 heavy (non-hydrogen) atoms. The van der Waals surface area contributed by atoms with Gasteiger partial charge in [0, 0.05) is 13.1 Å². The van der Waals surface area contributed by atoms with Crippen molar-refractivity contribution in [2.45, 2.75) is 32.7 Å². The first kappa shape index (κ1) is 11.4. The zero-order valence-electron chi connectivity index (χ0n) is 9.44. The molecule has 0 saturated heterocycles. The summed E-state index contributed by atoms with van der Waals surface area (Å²) in [5, 5.41) is 8.59. The Bertz CT molecular complexity index is 339. The molecule has 0 aromatic carbocycles. The number of hydrogen-bond acceptors (Lipinski definition) is 4. The monoisotopic (exact) mass is 204 g/mol. The Hall–Kier alpha value is -1.63. The van der Waals surface area contributed by atoms with Crippen LogP contribution in [0.1, 0.15) is 32.4 Å². The molecule has 0 aliphatic carbocycles. The topological polar surface area (TPSA) is 52.8 Å². The molecule has 4 heteroatoms. The van der Waals surface area contributed by atoms with E-state index in [1.807, 2.05) is 13.1 Å². The van der Waals surface area contributed by atoms with Crippen LogP contribution in [0.15, 0.2) is 12.4 Å². The molecule has 0 aliphatic rings. The number of nitrogens with zero attached hydrogens (tertiary/aromatic N) is 4. The predicted molar refractivity (Wildman–Crippen MR) is 59.5 cm³/mol. The summed E-state index contributed by atoms with van der Waals surface area (Å²) in [6.45, 7) is 4.32. The SMILES string of the molecule is CCCC(C)N(C)c1cnc(C#N)cn1. The lowest BCUT2D eigenvalue weighted by atomic mass is 10.2. The van der Waals surface area contributed by atoms with Crippen molar-refractivity contribution in [3.05, 3.63) is 18.1 Å². The molecule has 1 heterocycles. The van der Waals surface area contributed by atoms with E-state index < -0.39 is 0 Å². The van der Waals surface area contributed by atoms with E-state index in [9.17, 15) is 0 Å². The van der Waals surface area contributed by atoms with Gasteiger partial charge in [0.05, 0.1) is 12.4 Å². The maximum absolute atomic E-state index is 8.59. The van der Waals surface area contributed by atoms with Crippen LogP contribution in [0, 0.1) is 11.3 Å². The largest absolute Gasteiger partial charge is 0.356 e. The molecular formula is C11H16N4. The van der Waals surface area contributed by atoms with Gasteiger partial charge in [-0.1, -0.05) is 13.3 Å². The summed E-state index contributed by atoms with van der Waals surface area (Å²) in [7, 11) is 2.00. The summed E-state index contributed by atoms with van der Waals surface area (Å²) in [4.78, 5) is 10.3. The van der Waals surface area contributed by atoms with Crippen LogP contribution >= 0.6 is 0 Å². The van der Waals surface area contributed by atoms with Crippen LogP contribution in [0.4, 0.5) is 5.82 Å². The van der Waals surface area contributed by atoms with Gasteiger partial charge >= 0.3 is 0 Å². The van der Waals surface area contributed by atoms with Crippen molar-refractivity contribution < 1.29 is 0 Å². The summed E-state index contributed by atoms with van der Waals surface area (Å²) in [6, 6.07) is 2.40. The van der Waals surface area contributed by atoms with Crippen molar-refractivity contribution in [3.8, 4) is 6.07 Å². The summed E-state index contributed by atoms with van der Waals surface area (Å²) in [6.07, 6.45) is 5.42. The molecule has 0 N–H and O–H groups in total. The molecule has 0 radical (unpaired) electrons. The Morgan fingerprint density at radius 2 is 2.20 bits per heavy atom. The fraction of sp³-hybridized carbons (Fsp3) is 0.545. The zero-order valence-corrected chi connectivity index (χ0v) is 9.44. The average molecular weight is 204 g/mol. The fourth-order valence-electron chi connectivity index (χ4n) is 1.40. The van der Waals surface area contributed by atoms with Gasteiger partial charge in [-0.05, 0) is 13.3 Å². The quantitative estimate of drug-likeness (QED) is 0.752. The van der Waals surface area contributed by atoms with Crippen molar-refractivity contribution in [2.24, 2.45) is 0 Å². The summed E-state index contributed by atoms with van der Waals surface area (Å²) < 4.78 is 0. The first-order valence-electron chi connectivity index (χ1n) is 5.14. The minimum Gasteiger partial charge on any atom is -0.356 e. The third-order valence-electron chi connectivity index (χ3n) is 2.48. The van der Waals surface area contributed by atoms with Crippen molar-refractivity contribution in [3.63, 3.8) is 0 Å². The molecule has 1 rings (SSSR count). The van der Waals surface area contributed by atoms with E-state index in [1.165, 1.54) is 6.20 Å². The number of hydrogen-bond donors (Lipinski definition) is 0. The van der Waals surface area contributed by atoms with E-state index in [4.69, 9.17) is 5.26 Å². The molecule has 4 nitrogen and oxygen atoms in total. The van der Waals surface area contributed by atoms with Gasteiger partial charge in [0.2, 0.25) is 0 Å². The predicted octanol–water partition coefficient (Wildman–Crippen LogP) is 1.97. The molecule has 1 aromatic rings. The molecule has 0 spiro atoms. The van der Waals surface area contributed by atoms with E-state index in [2.05, 4.69) is 28.7 Å². The molecule has 0 fully saturated rings. The van der Waals surface area contributed by atoms with E-state index in [-0.39, 0.29) is 0 Å². The average Bonchev–Trinajstić information content (AvgIpc) is 2.28. The Morgan fingerprint density at radius 3 is 2.67 bits per heavy atom. The molecule has 80 valence electrons. The van der Waals surface area contributed by atoms with Crippen LogP contribution in [-0.4, -0.2) is 23.1 Å². The van der Waals surface area contributed by atoms with Crippen molar-refractivity contribution in [2.75, 3.05) is 11.9 Å². The number of aromatic nitrogens is 2. The first-order chi connectivity index (χ1) is 7.19. The standard InChI is InChI=1S/C11H16N4/c1-4-5-9(2)15(3)11-8-13-10(6-12)7-14-11/h7-9H,4-5H2,1-3H3. The lowest BCUT2D eigenvalue weighted by molar-refractivity contribution is 0.610. The van der Waals surface area contributed by atoms with Gasteiger partial charge in [-0.2, -0.15) is 5.26 Å². The highest BCUT2D eigenvalue weighted by atomic mass is 15.2. The molecule has 0 bridgehead atoms. The van der Waals surface area contributed by atoms with E-state index in [0.717, 1.165) is 18.7 Å². The number of rotatable bonds is 4. The highest BCUT2D eigenvalue weighted by molar-refractivity contribution is 5.37. The molecule has 0 aliphatic heterocycles. The van der Waals surface area contributed by atoms with E-state index >= 15 is 0 Å². The van der Waals surface area contributed by atoms with Gasteiger partial charge in [-0.15, -0.1) is 0 Å². The summed E-state index contributed by atoms with van der Waals surface area (Å²) in [5.74, 6) is 0.815. The second-order valence-corrected chi connectivity index (χ2v) is 3.62. The van der Waals surface area contributed by atoms with Crippen LogP contribution < -0.4 is 4.90 Å². The lowest BCUT2D eigenvalue weighted by Crippen LogP contribution is -2.29. The Morgan fingerprint density at radius 1 is 1.47 bits per heavy atom. The Kier molecular flexibility index (Phi) is 4.04. The minimum atomic E-state index is 0.357. The third kappa shape index (κ3) is 2.91. The first-order valence-corrected chi connectivity index (χ1v) is 5.14. The maximum Gasteiger partial charge on any atom is 0.158 e. The van der Waals surface area contributed by atoms with Gasteiger partial charge in [0.1, 0.15) is 11.9 Å². The second-order valence-electron chi connectivity index (χ2n) is 3.62. The van der Waals surface area contributed by atoms with Gasteiger partial charge in [0.15, 0.2) is 5.69 Å². The normalized spacial score (nSPS) is 11.9. The van der Waals surface area contributed by atoms with Gasteiger partial charge < -0.3 is 4.90 Å². The van der Waals surface area contributed by atoms with Crippen LogP contribution in [0.3, 0.4) is 0 Å². The molecule has 1 unspecified atom stereocenters. The third-order valence-corrected chi connectivity index (χ3v) is 2.48. The fourth-order valence-corrected chi connectivity index (χ4v) is 1.40. The highest BCUT2D eigenvalue weighted by Gasteiger charge is 2.10. The van der Waals surface area contributed by atoms with E-state index in [0.29, 0.717) is 11.7 Å². The van der Waals surface area contributed by atoms with Gasteiger partial charge in [0.25, 0.3) is 0 Å². The second kappa shape index (κ2) is 5.30. The van der Waals surface area contributed by atoms with Crippen LogP contribution in [0.2, 0.25) is 0 Å². The Balaban J connectivity index is 2.74. The van der Waals surface area contributed by atoms with Crippen molar-refractivity contribution >= 4 is 5.82 Å². The minimum absolute atomic E-state index is 0.357. The van der Waals surface area contributed by atoms with Crippen molar-refractivity contribution in [1.82, 2.24) is 9.97 Å². The smallest absolute Gasteiger partial charge is 0.158 e. The maximum atomic E-state index is 8.59. The lowest BCUT2D eigenvalue weighted by Gasteiger charge is -2.25. The number of anilines is 1. The van der Waals surface area contributed by atoms with Gasteiger partial charge in [-0.3, -0.25) is 0 Å². The van der Waals surface area contributed by atoms with Crippen LogP contribution in [0.25, 0.3) is 0 Å². The Labute approximate surface area is 90.6 Å². The number of nitriles is 1.